The third kappa shape index (κ3) is 3.52. The molecule has 2 aromatic carbocycles. The first-order valence-corrected chi connectivity index (χ1v) is 8.34. The zero-order valence-electron chi connectivity index (χ0n) is 14.3. The van der Waals surface area contributed by atoms with Crippen molar-refractivity contribution in [1.29, 1.82) is 5.26 Å². The van der Waals surface area contributed by atoms with Gasteiger partial charge in [-0.05, 0) is 48.9 Å². The standard InChI is InChI=1S/C20H23N3O/c1-16(18-4-3-5-20(14-18)24-2)22-10-12-23(13-11-22)19-8-6-17(15-21)7-9-19/h3-9,14,16H,10-13H2,1-2H3. The average Bonchev–Trinajstić information content (AvgIpc) is 2.67. The minimum absolute atomic E-state index is 0.378. The van der Waals surface area contributed by atoms with Gasteiger partial charge in [-0.3, -0.25) is 4.90 Å². The van der Waals surface area contributed by atoms with Crippen molar-refractivity contribution < 1.29 is 4.74 Å². The fourth-order valence-corrected chi connectivity index (χ4v) is 3.23. The summed E-state index contributed by atoms with van der Waals surface area (Å²) < 4.78 is 5.34. The quantitative estimate of drug-likeness (QED) is 0.865. The molecule has 0 aromatic heterocycles. The number of nitrogens with zero attached hydrogens (tertiary/aromatic N) is 3. The van der Waals surface area contributed by atoms with E-state index in [1.807, 2.05) is 30.3 Å². The maximum Gasteiger partial charge on any atom is 0.119 e. The average molecular weight is 321 g/mol. The molecule has 1 saturated heterocycles. The van der Waals surface area contributed by atoms with Gasteiger partial charge in [-0.2, -0.15) is 5.26 Å². The summed E-state index contributed by atoms with van der Waals surface area (Å²) in [6.45, 7) is 6.31. The van der Waals surface area contributed by atoms with Gasteiger partial charge in [0, 0.05) is 37.9 Å². The Bertz CT molecular complexity index is 712. The highest BCUT2D eigenvalue weighted by Gasteiger charge is 2.22. The Hall–Kier alpha value is -2.51. The van der Waals surface area contributed by atoms with Gasteiger partial charge in [-0.15, -0.1) is 0 Å². The van der Waals surface area contributed by atoms with Crippen LogP contribution in [-0.4, -0.2) is 38.2 Å². The Balaban J connectivity index is 1.62. The molecule has 1 atom stereocenters. The molecule has 0 spiro atoms. The molecule has 0 N–H and O–H groups in total. The van der Waals surface area contributed by atoms with Crippen LogP contribution in [0, 0.1) is 11.3 Å². The van der Waals surface area contributed by atoms with Gasteiger partial charge in [0.2, 0.25) is 0 Å². The number of anilines is 1. The highest BCUT2D eigenvalue weighted by molar-refractivity contribution is 5.50. The molecule has 0 amide bonds. The minimum atomic E-state index is 0.378. The van der Waals surface area contributed by atoms with Gasteiger partial charge in [-0.25, -0.2) is 0 Å². The van der Waals surface area contributed by atoms with E-state index in [0.717, 1.165) is 31.9 Å². The fourth-order valence-electron chi connectivity index (χ4n) is 3.23. The first-order valence-electron chi connectivity index (χ1n) is 8.34. The van der Waals surface area contributed by atoms with Gasteiger partial charge in [0.25, 0.3) is 0 Å². The molecule has 24 heavy (non-hydrogen) atoms. The number of methoxy groups -OCH3 is 1. The SMILES string of the molecule is COc1cccc(C(C)N2CCN(c3ccc(C#N)cc3)CC2)c1. The molecule has 4 nitrogen and oxygen atoms in total. The lowest BCUT2D eigenvalue weighted by Gasteiger charge is -2.39. The maximum atomic E-state index is 8.90. The molecule has 4 heteroatoms. The molecule has 0 saturated carbocycles. The lowest BCUT2D eigenvalue weighted by molar-refractivity contribution is 0.198. The second kappa shape index (κ2) is 7.37. The van der Waals surface area contributed by atoms with E-state index >= 15 is 0 Å². The number of hydrogen-bond acceptors (Lipinski definition) is 4. The van der Waals surface area contributed by atoms with E-state index in [0.29, 0.717) is 11.6 Å². The van der Waals surface area contributed by atoms with Crippen molar-refractivity contribution in [3.63, 3.8) is 0 Å². The summed E-state index contributed by atoms with van der Waals surface area (Å²) in [4.78, 5) is 4.89. The van der Waals surface area contributed by atoms with Crippen LogP contribution in [0.4, 0.5) is 5.69 Å². The summed E-state index contributed by atoms with van der Waals surface area (Å²) >= 11 is 0. The van der Waals surface area contributed by atoms with Crippen LogP contribution in [-0.2, 0) is 0 Å². The number of nitriles is 1. The highest BCUT2D eigenvalue weighted by Crippen LogP contribution is 2.26. The third-order valence-electron chi connectivity index (χ3n) is 4.80. The minimum Gasteiger partial charge on any atom is -0.497 e. The van der Waals surface area contributed by atoms with Crippen LogP contribution in [0.3, 0.4) is 0 Å². The van der Waals surface area contributed by atoms with E-state index in [1.54, 1.807) is 7.11 Å². The van der Waals surface area contributed by atoms with Gasteiger partial charge in [0.1, 0.15) is 5.75 Å². The summed E-state index contributed by atoms with van der Waals surface area (Å²) in [5.74, 6) is 0.913. The molecule has 0 bridgehead atoms. The molecule has 1 aliphatic rings. The second-order valence-corrected chi connectivity index (χ2v) is 6.13. The van der Waals surface area contributed by atoms with Crippen molar-refractivity contribution in [2.75, 3.05) is 38.2 Å². The number of rotatable bonds is 4. The normalized spacial score (nSPS) is 16.5. The van der Waals surface area contributed by atoms with Crippen molar-refractivity contribution in [3.05, 3.63) is 59.7 Å². The summed E-state index contributed by atoms with van der Waals surface area (Å²) in [6, 6.07) is 18.7. The third-order valence-corrected chi connectivity index (χ3v) is 4.80. The lowest BCUT2D eigenvalue weighted by atomic mass is 10.1. The Morgan fingerprint density at radius 1 is 1.04 bits per heavy atom. The van der Waals surface area contributed by atoms with Crippen LogP contribution >= 0.6 is 0 Å². The summed E-state index contributed by atoms with van der Waals surface area (Å²) in [5, 5.41) is 8.90. The Morgan fingerprint density at radius 2 is 1.75 bits per heavy atom. The van der Waals surface area contributed by atoms with Gasteiger partial charge >= 0.3 is 0 Å². The van der Waals surface area contributed by atoms with E-state index in [4.69, 9.17) is 10.00 Å². The first-order chi connectivity index (χ1) is 11.7. The Morgan fingerprint density at radius 3 is 2.38 bits per heavy atom. The highest BCUT2D eigenvalue weighted by atomic mass is 16.5. The molecule has 124 valence electrons. The van der Waals surface area contributed by atoms with Crippen LogP contribution in [0.1, 0.15) is 24.1 Å². The second-order valence-electron chi connectivity index (χ2n) is 6.13. The van der Waals surface area contributed by atoms with E-state index in [-0.39, 0.29) is 0 Å². The summed E-state index contributed by atoms with van der Waals surface area (Å²) in [7, 11) is 1.71. The molecule has 1 fully saturated rings. The monoisotopic (exact) mass is 321 g/mol. The van der Waals surface area contributed by atoms with Crippen molar-refractivity contribution in [3.8, 4) is 11.8 Å². The molecule has 2 aromatic rings. The zero-order chi connectivity index (χ0) is 16.9. The largest absolute Gasteiger partial charge is 0.497 e. The predicted molar refractivity (Wildman–Crippen MR) is 96.4 cm³/mol. The van der Waals surface area contributed by atoms with Gasteiger partial charge in [0.15, 0.2) is 0 Å². The molecule has 3 rings (SSSR count). The van der Waals surface area contributed by atoms with Crippen LogP contribution < -0.4 is 9.64 Å². The molecule has 0 aliphatic carbocycles. The fraction of sp³-hybridized carbons (Fsp3) is 0.350. The number of benzene rings is 2. The molecular formula is C20H23N3O. The Kier molecular flexibility index (Phi) is 5.02. The van der Waals surface area contributed by atoms with Crippen molar-refractivity contribution >= 4 is 5.69 Å². The van der Waals surface area contributed by atoms with E-state index in [9.17, 15) is 0 Å². The molecular weight excluding hydrogens is 298 g/mol. The molecule has 0 radical (unpaired) electrons. The zero-order valence-corrected chi connectivity index (χ0v) is 14.3. The molecule has 1 aliphatic heterocycles. The van der Waals surface area contributed by atoms with Crippen LogP contribution in [0.2, 0.25) is 0 Å². The van der Waals surface area contributed by atoms with Crippen LogP contribution in [0.15, 0.2) is 48.5 Å². The van der Waals surface area contributed by atoms with Crippen molar-refractivity contribution in [2.24, 2.45) is 0 Å². The van der Waals surface area contributed by atoms with E-state index < -0.39 is 0 Å². The van der Waals surface area contributed by atoms with Crippen molar-refractivity contribution in [1.82, 2.24) is 4.90 Å². The van der Waals surface area contributed by atoms with E-state index in [2.05, 4.69) is 41.0 Å². The van der Waals surface area contributed by atoms with Crippen LogP contribution in [0.5, 0.6) is 5.75 Å². The molecule has 1 heterocycles. The van der Waals surface area contributed by atoms with Crippen LogP contribution in [0.25, 0.3) is 0 Å². The molecule has 1 unspecified atom stereocenters. The van der Waals surface area contributed by atoms with E-state index in [1.165, 1.54) is 11.3 Å². The maximum absolute atomic E-state index is 8.90. The number of hydrogen-bond donors (Lipinski definition) is 0. The first kappa shape index (κ1) is 16.4. The number of ether oxygens (including phenoxy) is 1. The summed E-state index contributed by atoms with van der Waals surface area (Å²) in [6.07, 6.45) is 0. The van der Waals surface area contributed by atoms with Gasteiger partial charge < -0.3 is 9.64 Å². The lowest BCUT2D eigenvalue weighted by Crippen LogP contribution is -2.47. The van der Waals surface area contributed by atoms with Crippen molar-refractivity contribution in [2.45, 2.75) is 13.0 Å². The smallest absolute Gasteiger partial charge is 0.119 e. The summed E-state index contributed by atoms with van der Waals surface area (Å²) in [5.41, 5.74) is 3.20. The topological polar surface area (TPSA) is 39.5 Å². The Labute approximate surface area is 143 Å². The number of piperazine rings is 1. The van der Waals surface area contributed by atoms with Gasteiger partial charge in [-0.1, -0.05) is 12.1 Å². The van der Waals surface area contributed by atoms with Gasteiger partial charge in [0.05, 0.1) is 18.7 Å². The predicted octanol–water partition coefficient (Wildman–Crippen LogP) is 3.45.